The van der Waals surface area contributed by atoms with Gasteiger partial charge in [-0.1, -0.05) is 23.7 Å². The molecular formula is C13H19ClN2O4. The van der Waals surface area contributed by atoms with Gasteiger partial charge in [-0.05, 0) is 42.9 Å². The third kappa shape index (κ3) is 7.83. The van der Waals surface area contributed by atoms with E-state index < -0.39 is 6.03 Å². The summed E-state index contributed by atoms with van der Waals surface area (Å²) in [5.74, 6) is 0. The van der Waals surface area contributed by atoms with Gasteiger partial charge < -0.3 is 15.6 Å². The van der Waals surface area contributed by atoms with Crippen LogP contribution in [0.4, 0.5) is 4.79 Å². The van der Waals surface area contributed by atoms with E-state index in [0.717, 1.165) is 5.02 Å². The van der Waals surface area contributed by atoms with Crippen molar-refractivity contribution >= 4 is 17.6 Å². The highest BCUT2D eigenvalue weighted by molar-refractivity contribution is 6.31. The third-order valence-corrected chi connectivity index (χ3v) is 2.91. The molecule has 0 aliphatic heterocycles. The van der Waals surface area contributed by atoms with Gasteiger partial charge in [0.25, 0.3) is 0 Å². The molecule has 112 valence electrons. The number of rotatable bonds is 1. The van der Waals surface area contributed by atoms with Gasteiger partial charge in [0.15, 0.2) is 0 Å². The van der Waals surface area contributed by atoms with Crippen LogP contribution in [0.5, 0.6) is 0 Å². The number of benzene rings is 1. The van der Waals surface area contributed by atoms with Gasteiger partial charge in [-0.25, -0.2) is 4.79 Å². The number of ether oxygens (including phenoxy) is 1. The lowest BCUT2D eigenvalue weighted by atomic mass is 9.92. The summed E-state index contributed by atoms with van der Waals surface area (Å²) in [6.45, 7) is -0.181. The second kappa shape index (κ2) is 11.3. The van der Waals surface area contributed by atoms with Crippen molar-refractivity contribution < 1.29 is 14.6 Å². The third-order valence-electron chi connectivity index (χ3n) is 2.56. The molecule has 1 aromatic rings. The lowest BCUT2D eigenvalue weighted by Crippen LogP contribution is -2.02. The molecule has 0 saturated heterocycles. The van der Waals surface area contributed by atoms with E-state index in [0.29, 0.717) is 0 Å². The molecule has 0 saturated carbocycles. The first-order chi connectivity index (χ1) is 9.56. The number of methoxy groups -OCH3 is 1. The summed E-state index contributed by atoms with van der Waals surface area (Å²) < 4.78 is 4.10. The number of amides is 2. The number of fused-ring (bicyclic) bond motifs is 1. The summed E-state index contributed by atoms with van der Waals surface area (Å²) in [5, 5.41) is 10.4. The molecule has 0 spiro atoms. The second-order valence-electron chi connectivity index (χ2n) is 3.93. The van der Waals surface area contributed by atoms with Gasteiger partial charge in [0, 0.05) is 17.3 Å². The number of hydrogen-bond donors (Lipinski definition) is 2. The molecule has 0 fully saturated rings. The molecule has 3 N–H and O–H groups in total. The van der Waals surface area contributed by atoms with Gasteiger partial charge in [-0.2, -0.15) is 0 Å². The minimum atomic E-state index is -1.18. The molecule has 0 heterocycles. The molecule has 7 heteroatoms. The van der Waals surface area contributed by atoms with Gasteiger partial charge in [-0.15, -0.1) is 4.91 Å². The van der Waals surface area contributed by atoms with E-state index in [1.165, 1.54) is 43.9 Å². The van der Waals surface area contributed by atoms with E-state index in [-0.39, 0.29) is 6.79 Å². The van der Waals surface area contributed by atoms with Crippen LogP contribution in [0.15, 0.2) is 23.4 Å². The Morgan fingerprint density at radius 3 is 2.45 bits per heavy atom. The first kappa shape index (κ1) is 18.5. The summed E-state index contributed by atoms with van der Waals surface area (Å²) in [7, 11) is 1.43. The summed E-state index contributed by atoms with van der Waals surface area (Å²) in [4.78, 5) is 17.9. The second-order valence-corrected chi connectivity index (χ2v) is 4.34. The first-order valence-electron chi connectivity index (χ1n) is 6.05. The Labute approximate surface area is 122 Å². The highest BCUT2D eigenvalue weighted by Gasteiger charge is 2.10. The molecule has 2 rings (SSSR count). The molecule has 0 aromatic heterocycles. The largest absolute Gasteiger partial charge is 0.376 e. The maximum Gasteiger partial charge on any atom is 0.376 e. The van der Waals surface area contributed by atoms with Gasteiger partial charge in [0.2, 0.25) is 0 Å². The van der Waals surface area contributed by atoms with Crippen LogP contribution in [0.3, 0.4) is 0 Å². The van der Waals surface area contributed by atoms with Gasteiger partial charge in [0.1, 0.15) is 6.79 Å². The molecule has 1 aliphatic carbocycles. The van der Waals surface area contributed by atoms with Crippen LogP contribution in [0.1, 0.15) is 24.0 Å². The molecule has 0 radical (unpaired) electrons. The monoisotopic (exact) mass is 302 g/mol. The molecule has 20 heavy (non-hydrogen) atoms. The topological polar surface area (TPSA) is 102 Å². The fourth-order valence-corrected chi connectivity index (χ4v) is 2.02. The number of hydrogen-bond acceptors (Lipinski definition) is 4. The van der Waals surface area contributed by atoms with Crippen molar-refractivity contribution in [3.05, 3.63) is 39.3 Å². The van der Waals surface area contributed by atoms with E-state index in [4.69, 9.17) is 26.4 Å². The van der Waals surface area contributed by atoms with E-state index in [1.807, 2.05) is 12.1 Å². The van der Waals surface area contributed by atoms with Crippen molar-refractivity contribution in [1.82, 2.24) is 0 Å². The van der Waals surface area contributed by atoms with Crippen molar-refractivity contribution in [2.45, 2.75) is 25.7 Å². The number of aliphatic hydroxyl groups excluding tert-OH is 1. The molecule has 1 aliphatic rings. The minimum Gasteiger partial charge on any atom is -0.371 e. The number of halogens is 1. The predicted octanol–water partition coefficient (Wildman–Crippen LogP) is 2.63. The summed E-state index contributed by atoms with van der Waals surface area (Å²) in [6, 6.07) is 5.06. The van der Waals surface area contributed by atoms with E-state index in [1.54, 1.807) is 5.18 Å². The number of aliphatic hydroxyl groups is 1. The maximum absolute atomic E-state index is 9.11. The number of urea groups is 1. The van der Waals surface area contributed by atoms with Gasteiger partial charge in [-0.3, -0.25) is 0 Å². The number of primary amides is 1. The Kier molecular flexibility index (Phi) is 10.5. The van der Waals surface area contributed by atoms with Crippen LogP contribution < -0.4 is 5.73 Å². The fraction of sp³-hybridized carbons (Fsp3) is 0.462. The number of nitrogens with two attached hydrogens (primary N) is 1. The maximum atomic E-state index is 9.11. The minimum absolute atomic E-state index is 0.181. The van der Waals surface area contributed by atoms with Gasteiger partial charge >= 0.3 is 6.03 Å². The van der Waals surface area contributed by atoms with Gasteiger partial charge in [0.05, 0.1) is 0 Å². The van der Waals surface area contributed by atoms with Crippen LogP contribution >= 0.6 is 11.6 Å². The van der Waals surface area contributed by atoms with Crippen molar-refractivity contribution in [3.8, 4) is 0 Å². The smallest absolute Gasteiger partial charge is 0.371 e. The van der Waals surface area contributed by atoms with Crippen LogP contribution in [-0.2, 0) is 17.6 Å². The lowest BCUT2D eigenvalue weighted by Gasteiger charge is -2.15. The number of nitroso groups, excluding NO2 is 1. The number of aryl methyl sites for hydroxylation is 1. The first-order valence-corrected chi connectivity index (χ1v) is 6.43. The van der Waals surface area contributed by atoms with E-state index in [9.17, 15) is 0 Å². The van der Waals surface area contributed by atoms with Crippen molar-refractivity contribution in [1.29, 1.82) is 0 Å². The van der Waals surface area contributed by atoms with Crippen LogP contribution in [0.25, 0.3) is 0 Å². The summed E-state index contributed by atoms with van der Waals surface area (Å²) in [5.41, 5.74) is 7.02. The molecule has 0 bridgehead atoms. The van der Waals surface area contributed by atoms with E-state index in [2.05, 4.69) is 16.5 Å². The zero-order chi connectivity index (χ0) is 15.4. The molecular weight excluding hydrogens is 284 g/mol. The normalized spacial score (nSPS) is 11.9. The SMILES string of the molecule is COCO.Clc1cccc2c1CCCC2.NC(=O)N=O. The Hall–Kier alpha value is -1.50. The predicted molar refractivity (Wildman–Crippen MR) is 77.6 cm³/mol. The zero-order valence-electron chi connectivity index (χ0n) is 11.3. The molecule has 2 amide bonds. The zero-order valence-corrected chi connectivity index (χ0v) is 12.1. The molecule has 6 nitrogen and oxygen atoms in total. The Morgan fingerprint density at radius 1 is 1.45 bits per heavy atom. The van der Waals surface area contributed by atoms with Crippen LogP contribution in [0.2, 0.25) is 5.02 Å². The van der Waals surface area contributed by atoms with Crippen molar-refractivity contribution in [3.63, 3.8) is 0 Å². The fourth-order valence-electron chi connectivity index (χ4n) is 1.73. The van der Waals surface area contributed by atoms with Crippen molar-refractivity contribution in [2.75, 3.05) is 13.9 Å². The average molecular weight is 303 g/mol. The summed E-state index contributed by atoms with van der Waals surface area (Å²) in [6.07, 6.45) is 5.02. The van der Waals surface area contributed by atoms with Crippen LogP contribution in [-0.4, -0.2) is 25.0 Å². The highest BCUT2D eigenvalue weighted by Crippen LogP contribution is 2.27. The summed E-state index contributed by atoms with van der Waals surface area (Å²) >= 11 is 6.04. The quantitative estimate of drug-likeness (QED) is 0.615. The standard InChI is InChI=1S/C10H11Cl.C2H6O2.CH2N2O2/c11-10-7-3-5-8-4-1-2-6-9(8)10;1-4-2-3;2-1(4)3-5/h3,5,7H,1-2,4,6H2;3H,2H2,1H3;(H2,2,4). The Morgan fingerprint density at radius 2 is 2.00 bits per heavy atom. The number of carbonyl (C=O) groups is 1. The Bertz CT molecular complexity index is 425. The lowest BCUT2D eigenvalue weighted by molar-refractivity contribution is 0.0325. The van der Waals surface area contributed by atoms with E-state index >= 15 is 0 Å². The average Bonchev–Trinajstić information content (AvgIpc) is 2.48. The number of carbonyl (C=O) groups excluding carboxylic acids is 1. The van der Waals surface area contributed by atoms with Crippen LogP contribution in [0, 0.1) is 4.91 Å². The molecule has 0 atom stereocenters. The van der Waals surface area contributed by atoms with Crippen molar-refractivity contribution in [2.24, 2.45) is 10.9 Å². The highest BCUT2D eigenvalue weighted by atomic mass is 35.5. The molecule has 1 aromatic carbocycles. The Balaban J connectivity index is 0.000000340. The number of nitrogens with zero attached hydrogens (tertiary/aromatic N) is 1. The molecule has 0 unspecified atom stereocenters.